The van der Waals surface area contributed by atoms with E-state index in [1.54, 1.807) is 37.4 Å². The molecule has 1 fully saturated rings. The molecule has 2 heterocycles. The average Bonchev–Trinajstić information content (AvgIpc) is 3.01. The SMILES string of the molecule is COC(=O)C1=C(C(=O)OC)N(c2cc(S(=O)(=O)N3CCCCC3)ccc2C)C=CC=C1. The zero-order valence-corrected chi connectivity index (χ0v) is 18.6. The van der Waals surface area contributed by atoms with Gasteiger partial charge >= 0.3 is 11.9 Å². The molecule has 0 saturated carbocycles. The van der Waals surface area contributed by atoms with Gasteiger partial charge in [0.2, 0.25) is 10.0 Å². The summed E-state index contributed by atoms with van der Waals surface area (Å²) < 4.78 is 37.6. The fourth-order valence-corrected chi connectivity index (χ4v) is 5.15. The fraction of sp³-hybridized carbons (Fsp3) is 0.364. The summed E-state index contributed by atoms with van der Waals surface area (Å²) >= 11 is 0. The van der Waals surface area contributed by atoms with Gasteiger partial charge in [-0.05, 0) is 49.6 Å². The number of carbonyl (C=O) groups is 2. The van der Waals surface area contributed by atoms with Gasteiger partial charge in [-0.2, -0.15) is 4.31 Å². The van der Waals surface area contributed by atoms with E-state index >= 15 is 0 Å². The topological polar surface area (TPSA) is 93.2 Å². The van der Waals surface area contributed by atoms with Gasteiger partial charge < -0.3 is 14.4 Å². The van der Waals surface area contributed by atoms with Gasteiger partial charge in [0.15, 0.2) is 0 Å². The standard InChI is InChI=1S/C22H26N2O6S/c1-16-10-11-17(31(27,28)23-12-6-4-7-13-23)15-19(16)24-14-8-5-9-18(21(25)29-2)20(24)22(26)30-3/h5,8-11,14-15H,4,6-7,12-13H2,1-3H3. The number of aryl methyl sites for hydroxylation is 1. The van der Waals surface area contributed by atoms with Gasteiger partial charge in [0.25, 0.3) is 0 Å². The third kappa shape index (κ3) is 4.57. The zero-order chi connectivity index (χ0) is 22.6. The highest BCUT2D eigenvalue weighted by Crippen LogP contribution is 2.32. The summed E-state index contributed by atoms with van der Waals surface area (Å²) in [6, 6.07) is 4.77. The second kappa shape index (κ2) is 9.49. The van der Waals surface area contributed by atoms with E-state index in [2.05, 4.69) is 0 Å². The van der Waals surface area contributed by atoms with Crippen LogP contribution >= 0.6 is 0 Å². The lowest BCUT2D eigenvalue weighted by molar-refractivity contribution is -0.139. The summed E-state index contributed by atoms with van der Waals surface area (Å²) in [5, 5.41) is 0. The Hall–Kier alpha value is -2.91. The molecule has 0 unspecified atom stereocenters. The van der Waals surface area contributed by atoms with Gasteiger partial charge in [0.05, 0.1) is 30.4 Å². The number of nitrogens with zero attached hydrogens (tertiary/aromatic N) is 2. The molecule has 1 aromatic rings. The molecule has 0 N–H and O–H groups in total. The maximum absolute atomic E-state index is 13.2. The molecule has 1 saturated heterocycles. The van der Waals surface area contributed by atoms with Crippen LogP contribution in [0.4, 0.5) is 5.69 Å². The van der Waals surface area contributed by atoms with Gasteiger partial charge in [-0.15, -0.1) is 0 Å². The van der Waals surface area contributed by atoms with E-state index in [1.807, 2.05) is 0 Å². The molecule has 0 bridgehead atoms. The summed E-state index contributed by atoms with van der Waals surface area (Å²) in [5.41, 5.74) is 1.10. The molecular weight excluding hydrogens is 420 g/mol. The number of esters is 2. The van der Waals surface area contributed by atoms with Crippen LogP contribution in [0.5, 0.6) is 0 Å². The first kappa shape index (κ1) is 22.8. The Kier molecular flexibility index (Phi) is 6.97. The number of hydrogen-bond donors (Lipinski definition) is 0. The Morgan fingerprint density at radius 2 is 1.65 bits per heavy atom. The number of allylic oxidation sites excluding steroid dienone is 2. The highest BCUT2D eigenvalue weighted by Gasteiger charge is 2.30. The predicted octanol–water partition coefficient (Wildman–Crippen LogP) is 2.66. The summed E-state index contributed by atoms with van der Waals surface area (Å²) in [6.07, 6.45) is 8.95. The van der Waals surface area contributed by atoms with Gasteiger partial charge in [-0.1, -0.05) is 18.6 Å². The first-order valence-corrected chi connectivity index (χ1v) is 11.4. The molecule has 2 aliphatic heterocycles. The van der Waals surface area contributed by atoms with Crippen molar-refractivity contribution in [3.8, 4) is 0 Å². The molecule has 0 aromatic heterocycles. The van der Waals surface area contributed by atoms with Gasteiger partial charge in [0.1, 0.15) is 5.70 Å². The molecule has 3 rings (SSSR count). The van der Waals surface area contributed by atoms with Crippen LogP contribution in [0.2, 0.25) is 0 Å². The highest BCUT2D eigenvalue weighted by atomic mass is 32.2. The minimum atomic E-state index is -3.68. The van der Waals surface area contributed by atoms with E-state index in [0.29, 0.717) is 18.8 Å². The van der Waals surface area contributed by atoms with Crippen LogP contribution < -0.4 is 4.90 Å². The molecule has 166 valence electrons. The zero-order valence-electron chi connectivity index (χ0n) is 17.8. The maximum atomic E-state index is 13.2. The number of sulfonamides is 1. The van der Waals surface area contributed by atoms with Crippen molar-refractivity contribution >= 4 is 27.6 Å². The molecule has 31 heavy (non-hydrogen) atoms. The van der Waals surface area contributed by atoms with E-state index in [4.69, 9.17) is 9.47 Å². The minimum absolute atomic E-state index is 0.00282. The van der Waals surface area contributed by atoms with Crippen LogP contribution in [0.15, 0.2) is 58.8 Å². The Morgan fingerprint density at radius 3 is 2.29 bits per heavy atom. The molecule has 0 spiro atoms. The Morgan fingerprint density at radius 1 is 0.968 bits per heavy atom. The fourth-order valence-electron chi connectivity index (χ4n) is 3.61. The normalized spacial score (nSPS) is 17.5. The number of hydrogen-bond acceptors (Lipinski definition) is 7. The van der Waals surface area contributed by atoms with Crippen LogP contribution in [0.3, 0.4) is 0 Å². The van der Waals surface area contributed by atoms with Crippen molar-refractivity contribution in [3.63, 3.8) is 0 Å². The van der Waals surface area contributed by atoms with Crippen LogP contribution in [0, 0.1) is 6.92 Å². The molecule has 1 aromatic carbocycles. The van der Waals surface area contributed by atoms with Gasteiger partial charge in [-0.3, -0.25) is 0 Å². The predicted molar refractivity (Wildman–Crippen MR) is 116 cm³/mol. The number of rotatable bonds is 5. The molecule has 0 atom stereocenters. The summed E-state index contributed by atoms with van der Waals surface area (Å²) in [4.78, 5) is 26.6. The van der Waals surface area contributed by atoms with Crippen molar-refractivity contribution in [2.45, 2.75) is 31.1 Å². The lowest BCUT2D eigenvalue weighted by Crippen LogP contribution is -2.35. The second-order valence-electron chi connectivity index (χ2n) is 7.23. The quantitative estimate of drug-likeness (QED) is 0.642. The Labute approximate surface area is 182 Å². The second-order valence-corrected chi connectivity index (χ2v) is 9.17. The number of anilines is 1. The Bertz CT molecular complexity index is 1070. The van der Waals surface area contributed by atoms with Crippen LogP contribution in [-0.4, -0.2) is 52.0 Å². The summed E-state index contributed by atoms with van der Waals surface area (Å²) in [7, 11) is -1.25. The van der Waals surface area contributed by atoms with Crippen molar-refractivity contribution < 1.29 is 27.5 Å². The summed E-state index contributed by atoms with van der Waals surface area (Å²) in [6.45, 7) is 2.77. The number of methoxy groups -OCH3 is 2. The van der Waals surface area contributed by atoms with Crippen LogP contribution in [-0.2, 0) is 29.1 Å². The maximum Gasteiger partial charge on any atom is 0.355 e. The largest absolute Gasteiger partial charge is 0.465 e. The van der Waals surface area contributed by atoms with E-state index in [0.717, 1.165) is 24.8 Å². The highest BCUT2D eigenvalue weighted by molar-refractivity contribution is 7.89. The minimum Gasteiger partial charge on any atom is -0.465 e. The van der Waals surface area contributed by atoms with Gasteiger partial charge in [0, 0.05) is 19.3 Å². The van der Waals surface area contributed by atoms with Crippen molar-refractivity contribution in [3.05, 3.63) is 59.5 Å². The lowest BCUT2D eigenvalue weighted by Gasteiger charge is -2.28. The van der Waals surface area contributed by atoms with E-state index in [9.17, 15) is 18.0 Å². The van der Waals surface area contributed by atoms with Crippen LogP contribution in [0.1, 0.15) is 24.8 Å². The van der Waals surface area contributed by atoms with Crippen LogP contribution in [0.25, 0.3) is 0 Å². The van der Waals surface area contributed by atoms with Gasteiger partial charge in [-0.25, -0.2) is 18.0 Å². The molecular formula is C22H26N2O6S. The average molecular weight is 447 g/mol. The molecule has 9 heteroatoms. The van der Waals surface area contributed by atoms with Crippen molar-refractivity contribution in [2.24, 2.45) is 0 Å². The van der Waals surface area contributed by atoms with Crippen molar-refractivity contribution in [2.75, 3.05) is 32.2 Å². The molecule has 0 aliphatic carbocycles. The van der Waals surface area contributed by atoms with Crippen molar-refractivity contribution in [1.82, 2.24) is 4.31 Å². The third-order valence-corrected chi connectivity index (χ3v) is 7.18. The molecule has 2 aliphatic rings. The van der Waals surface area contributed by atoms with E-state index in [-0.39, 0.29) is 16.2 Å². The first-order valence-electron chi connectivity index (χ1n) is 9.97. The van der Waals surface area contributed by atoms with Crippen molar-refractivity contribution in [1.29, 1.82) is 0 Å². The molecule has 0 amide bonds. The Balaban J connectivity index is 2.15. The number of benzene rings is 1. The lowest BCUT2D eigenvalue weighted by atomic mass is 10.1. The van der Waals surface area contributed by atoms with E-state index in [1.165, 1.54) is 35.6 Å². The third-order valence-electron chi connectivity index (χ3n) is 5.28. The van der Waals surface area contributed by atoms with E-state index < -0.39 is 22.0 Å². The number of piperidine rings is 1. The monoisotopic (exact) mass is 446 g/mol. The number of ether oxygens (including phenoxy) is 2. The first-order chi connectivity index (χ1) is 14.8. The smallest absolute Gasteiger partial charge is 0.355 e. The molecule has 8 nitrogen and oxygen atoms in total. The number of carbonyl (C=O) groups excluding carboxylic acids is 2. The molecule has 0 radical (unpaired) electrons. The summed E-state index contributed by atoms with van der Waals surface area (Å²) in [5.74, 6) is -1.46.